The van der Waals surface area contributed by atoms with Gasteiger partial charge < -0.3 is 19.8 Å². The molecule has 7 nitrogen and oxygen atoms in total. The van der Waals surface area contributed by atoms with E-state index in [-0.39, 0.29) is 18.9 Å². The molecule has 0 aliphatic carbocycles. The van der Waals surface area contributed by atoms with Gasteiger partial charge in [0.15, 0.2) is 0 Å². The number of rotatable bonds is 6. The first kappa shape index (κ1) is 20.1. The molecular formula is C22H22N2O5. The molecule has 0 spiro atoms. The number of hydrogen-bond acceptors (Lipinski definition) is 5. The minimum atomic E-state index is -0.586. The number of aryl methyl sites for hydroxylation is 1. The van der Waals surface area contributed by atoms with Gasteiger partial charge in [-0.15, -0.1) is 0 Å². The third-order valence-electron chi connectivity index (χ3n) is 4.39. The van der Waals surface area contributed by atoms with Crippen LogP contribution in [0.3, 0.4) is 0 Å². The van der Waals surface area contributed by atoms with Crippen LogP contribution in [0.4, 0.5) is 10.5 Å². The molecule has 1 aromatic heterocycles. The van der Waals surface area contributed by atoms with Crippen LogP contribution < -0.4 is 16.3 Å². The minimum Gasteiger partial charge on any atom is -0.450 e. The summed E-state index contributed by atoms with van der Waals surface area (Å²) in [7, 11) is 0. The van der Waals surface area contributed by atoms with Gasteiger partial charge in [0.2, 0.25) is 5.91 Å². The summed E-state index contributed by atoms with van der Waals surface area (Å²) in [6.45, 7) is 3.77. The first-order chi connectivity index (χ1) is 14.0. The van der Waals surface area contributed by atoms with E-state index in [1.54, 1.807) is 25.1 Å². The van der Waals surface area contributed by atoms with Crippen LogP contribution >= 0.6 is 0 Å². The molecule has 3 rings (SSSR count). The number of benzene rings is 2. The van der Waals surface area contributed by atoms with Crippen molar-refractivity contribution in [1.29, 1.82) is 0 Å². The van der Waals surface area contributed by atoms with E-state index in [1.165, 1.54) is 6.07 Å². The zero-order valence-electron chi connectivity index (χ0n) is 16.2. The van der Waals surface area contributed by atoms with Gasteiger partial charge in [-0.05, 0) is 37.1 Å². The van der Waals surface area contributed by atoms with Crippen molar-refractivity contribution >= 4 is 28.7 Å². The maximum absolute atomic E-state index is 12.6. The van der Waals surface area contributed by atoms with Gasteiger partial charge in [0.1, 0.15) is 5.58 Å². The van der Waals surface area contributed by atoms with Crippen LogP contribution in [0.2, 0.25) is 0 Å². The highest BCUT2D eigenvalue weighted by Crippen LogP contribution is 2.22. The molecule has 29 heavy (non-hydrogen) atoms. The quantitative estimate of drug-likeness (QED) is 0.618. The molecule has 3 aromatic rings. The Kier molecular flexibility index (Phi) is 6.29. The van der Waals surface area contributed by atoms with Crippen LogP contribution in [0, 0.1) is 6.92 Å². The highest BCUT2D eigenvalue weighted by Gasteiger charge is 2.19. The first-order valence-corrected chi connectivity index (χ1v) is 9.29. The topological polar surface area (TPSA) is 97.6 Å². The molecule has 2 N–H and O–H groups in total. The van der Waals surface area contributed by atoms with E-state index < -0.39 is 17.8 Å². The third kappa shape index (κ3) is 5.22. The summed E-state index contributed by atoms with van der Waals surface area (Å²) in [5, 5.41) is 6.30. The number of hydrogen-bond donors (Lipinski definition) is 2. The molecule has 0 saturated carbocycles. The van der Waals surface area contributed by atoms with Crippen LogP contribution in [-0.2, 0) is 9.53 Å². The van der Waals surface area contributed by atoms with Crippen molar-refractivity contribution in [3.05, 3.63) is 76.1 Å². The molecule has 1 heterocycles. The monoisotopic (exact) mass is 394 g/mol. The van der Waals surface area contributed by atoms with Gasteiger partial charge in [0.05, 0.1) is 19.1 Å². The van der Waals surface area contributed by atoms with E-state index in [2.05, 4.69) is 10.6 Å². The van der Waals surface area contributed by atoms with E-state index in [0.717, 1.165) is 16.5 Å². The molecule has 7 heteroatoms. The van der Waals surface area contributed by atoms with Crippen molar-refractivity contribution in [2.75, 3.05) is 11.9 Å². The summed E-state index contributed by atoms with van der Waals surface area (Å²) in [5.74, 6) is -0.301. The fourth-order valence-electron chi connectivity index (χ4n) is 3.05. The van der Waals surface area contributed by atoms with Crippen LogP contribution in [0.25, 0.3) is 11.0 Å². The highest BCUT2D eigenvalue weighted by atomic mass is 16.5. The number of ether oxygens (including phenoxy) is 1. The lowest BCUT2D eigenvalue weighted by atomic mass is 10.0. The van der Waals surface area contributed by atoms with E-state index >= 15 is 0 Å². The Morgan fingerprint density at radius 3 is 2.59 bits per heavy atom. The second kappa shape index (κ2) is 9.05. The number of anilines is 1. The third-order valence-corrected chi connectivity index (χ3v) is 4.39. The molecule has 2 aromatic carbocycles. The van der Waals surface area contributed by atoms with E-state index in [4.69, 9.17) is 9.15 Å². The average Bonchev–Trinajstić information content (AvgIpc) is 2.68. The van der Waals surface area contributed by atoms with E-state index in [0.29, 0.717) is 11.3 Å². The van der Waals surface area contributed by atoms with Gasteiger partial charge in [-0.3, -0.25) is 4.79 Å². The summed E-state index contributed by atoms with van der Waals surface area (Å²) in [4.78, 5) is 36.1. The molecule has 0 saturated heterocycles. The van der Waals surface area contributed by atoms with Gasteiger partial charge in [-0.2, -0.15) is 0 Å². The van der Waals surface area contributed by atoms with Crippen molar-refractivity contribution < 1.29 is 18.7 Å². The lowest BCUT2D eigenvalue weighted by Crippen LogP contribution is -2.32. The lowest BCUT2D eigenvalue weighted by molar-refractivity contribution is -0.116. The number of nitrogens with one attached hydrogen (secondary N) is 2. The fraction of sp³-hybridized carbons (Fsp3) is 0.227. The molecule has 0 aliphatic heterocycles. The Labute approximate surface area is 167 Å². The summed E-state index contributed by atoms with van der Waals surface area (Å²) < 4.78 is 10.2. The smallest absolute Gasteiger partial charge is 0.407 e. The maximum Gasteiger partial charge on any atom is 0.407 e. The zero-order chi connectivity index (χ0) is 20.8. The number of fused-ring (bicyclic) bond motifs is 1. The summed E-state index contributed by atoms with van der Waals surface area (Å²) >= 11 is 0. The number of alkyl carbamates (subject to hydrolysis) is 1. The Hall–Kier alpha value is -3.61. The number of carbonyl (C=O) groups excluding carboxylic acids is 2. The van der Waals surface area contributed by atoms with Gasteiger partial charge in [0, 0.05) is 23.2 Å². The standard InChI is InChI=1S/C22H22N2O5/c1-3-28-22(27)24-18(15-7-5-4-6-8-15)13-20(25)23-16-9-10-17-14(2)11-21(26)29-19(17)12-16/h4-12,18H,3,13H2,1-2H3,(H,23,25)(H,24,27)/t18-/m0/s1. The van der Waals surface area contributed by atoms with Gasteiger partial charge >= 0.3 is 11.7 Å². The Morgan fingerprint density at radius 1 is 1.10 bits per heavy atom. The summed E-state index contributed by atoms with van der Waals surface area (Å²) in [6.07, 6.45) is -0.573. The van der Waals surface area contributed by atoms with Crippen molar-refractivity contribution in [1.82, 2.24) is 5.32 Å². The largest absolute Gasteiger partial charge is 0.450 e. The Bertz CT molecular complexity index is 1080. The summed E-state index contributed by atoms with van der Waals surface area (Å²) in [5.41, 5.74) is 2.05. The van der Waals surface area contributed by atoms with E-state index in [9.17, 15) is 14.4 Å². The minimum absolute atomic E-state index is 0.0125. The molecule has 0 bridgehead atoms. The van der Waals surface area contributed by atoms with Crippen LogP contribution in [0.15, 0.2) is 63.8 Å². The van der Waals surface area contributed by atoms with Gasteiger partial charge in [-0.25, -0.2) is 9.59 Å². The SMILES string of the molecule is CCOC(=O)N[C@@H](CC(=O)Nc1ccc2c(C)cc(=O)oc2c1)c1ccccc1. The normalized spacial score (nSPS) is 11.7. The van der Waals surface area contributed by atoms with E-state index in [1.807, 2.05) is 37.3 Å². The molecule has 0 aliphatic rings. The second-order valence-corrected chi connectivity index (χ2v) is 6.54. The summed E-state index contributed by atoms with van der Waals surface area (Å²) in [6, 6.07) is 15.2. The predicted molar refractivity (Wildman–Crippen MR) is 110 cm³/mol. The van der Waals surface area contributed by atoms with Crippen LogP contribution in [0.5, 0.6) is 0 Å². The maximum atomic E-state index is 12.6. The molecule has 150 valence electrons. The van der Waals surface area contributed by atoms with Crippen molar-refractivity contribution in [2.24, 2.45) is 0 Å². The molecule has 0 radical (unpaired) electrons. The molecular weight excluding hydrogens is 372 g/mol. The highest BCUT2D eigenvalue weighted by molar-refractivity contribution is 5.94. The zero-order valence-corrected chi connectivity index (χ0v) is 16.2. The number of carbonyl (C=O) groups is 2. The van der Waals surface area contributed by atoms with Crippen LogP contribution in [-0.4, -0.2) is 18.6 Å². The lowest BCUT2D eigenvalue weighted by Gasteiger charge is -2.18. The molecule has 2 amide bonds. The average molecular weight is 394 g/mol. The van der Waals surface area contributed by atoms with Crippen molar-refractivity contribution in [2.45, 2.75) is 26.3 Å². The molecule has 0 unspecified atom stereocenters. The van der Waals surface area contributed by atoms with Gasteiger partial charge in [-0.1, -0.05) is 30.3 Å². The second-order valence-electron chi connectivity index (χ2n) is 6.54. The van der Waals surface area contributed by atoms with Crippen molar-refractivity contribution in [3.8, 4) is 0 Å². The molecule has 0 fully saturated rings. The van der Waals surface area contributed by atoms with Crippen molar-refractivity contribution in [3.63, 3.8) is 0 Å². The number of amides is 2. The Balaban J connectivity index is 1.76. The fourth-order valence-corrected chi connectivity index (χ4v) is 3.05. The first-order valence-electron chi connectivity index (χ1n) is 9.29. The predicted octanol–water partition coefficient (Wildman–Crippen LogP) is 3.92. The Morgan fingerprint density at radius 2 is 1.86 bits per heavy atom. The van der Waals surface area contributed by atoms with Crippen LogP contribution in [0.1, 0.15) is 30.5 Å². The molecule has 1 atom stereocenters. The van der Waals surface area contributed by atoms with Gasteiger partial charge in [0.25, 0.3) is 0 Å².